The number of aromatic nitrogens is 1. The number of nitrogens with zero attached hydrogens (tertiary/aromatic N) is 1. The van der Waals surface area contributed by atoms with E-state index in [9.17, 15) is 9.90 Å². The predicted octanol–water partition coefficient (Wildman–Crippen LogP) is 2.98. The third kappa shape index (κ3) is 3.42. The summed E-state index contributed by atoms with van der Waals surface area (Å²) in [5, 5.41) is 9.21. The van der Waals surface area contributed by atoms with Crippen molar-refractivity contribution in [2.45, 2.75) is 6.92 Å². The molecular weight excluding hydrogens is 274 g/mol. The lowest BCUT2D eigenvalue weighted by Crippen LogP contribution is -2.02. The van der Waals surface area contributed by atoms with Crippen molar-refractivity contribution in [3.63, 3.8) is 0 Å². The lowest BCUT2D eigenvalue weighted by Gasteiger charge is -2.12. The van der Waals surface area contributed by atoms with E-state index >= 15 is 0 Å². The first-order valence-electron chi connectivity index (χ1n) is 6.32. The van der Waals surface area contributed by atoms with E-state index in [1.165, 1.54) is 19.2 Å². The van der Waals surface area contributed by atoms with E-state index in [-0.39, 0.29) is 17.2 Å². The minimum absolute atomic E-state index is 0.0175. The SMILES string of the molecule is CCOc1cccnc1Oc1cc(OC)ccc1C(=O)O. The Hall–Kier alpha value is -2.76. The van der Waals surface area contributed by atoms with Gasteiger partial charge in [-0.05, 0) is 31.2 Å². The standard InChI is InChI=1S/C15H15NO5/c1-3-20-12-5-4-8-16-14(12)21-13-9-10(19-2)6-7-11(13)15(17)18/h4-9H,3H2,1-2H3,(H,17,18). The fourth-order valence-electron chi connectivity index (χ4n) is 1.71. The number of benzene rings is 1. The van der Waals surface area contributed by atoms with Gasteiger partial charge in [0, 0.05) is 12.3 Å². The summed E-state index contributed by atoms with van der Waals surface area (Å²) in [6.07, 6.45) is 1.54. The first-order valence-corrected chi connectivity index (χ1v) is 6.32. The van der Waals surface area contributed by atoms with Gasteiger partial charge < -0.3 is 19.3 Å². The molecule has 1 aromatic carbocycles. The molecule has 1 heterocycles. The summed E-state index contributed by atoms with van der Waals surface area (Å²) in [6, 6.07) is 7.87. The maximum absolute atomic E-state index is 11.2. The molecule has 0 fully saturated rings. The largest absolute Gasteiger partial charge is 0.497 e. The van der Waals surface area contributed by atoms with E-state index in [1.807, 2.05) is 6.92 Å². The summed E-state index contributed by atoms with van der Waals surface area (Å²) < 4.78 is 16.1. The summed E-state index contributed by atoms with van der Waals surface area (Å²) in [5.74, 6) is 0.182. The highest BCUT2D eigenvalue weighted by molar-refractivity contribution is 5.91. The van der Waals surface area contributed by atoms with Crippen molar-refractivity contribution in [1.29, 1.82) is 0 Å². The molecule has 2 aromatic rings. The van der Waals surface area contributed by atoms with Crippen molar-refractivity contribution < 1.29 is 24.1 Å². The second kappa shape index (κ2) is 6.60. The molecule has 0 spiro atoms. The number of hydrogen-bond acceptors (Lipinski definition) is 5. The van der Waals surface area contributed by atoms with Gasteiger partial charge in [-0.1, -0.05) is 0 Å². The third-order valence-electron chi connectivity index (χ3n) is 2.66. The van der Waals surface area contributed by atoms with Gasteiger partial charge in [-0.15, -0.1) is 0 Å². The zero-order chi connectivity index (χ0) is 15.2. The average Bonchev–Trinajstić information content (AvgIpc) is 2.49. The number of carbonyl (C=O) groups is 1. The number of carboxylic acid groups (broad SMARTS) is 1. The summed E-state index contributed by atoms with van der Waals surface area (Å²) in [6.45, 7) is 2.29. The maximum Gasteiger partial charge on any atom is 0.339 e. The van der Waals surface area contributed by atoms with Crippen LogP contribution >= 0.6 is 0 Å². The van der Waals surface area contributed by atoms with Gasteiger partial charge in [0.2, 0.25) is 0 Å². The average molecular weight is 289 g/mol. The van der Waals surface area contributed by atoms with Crippen LogP contribution in [0.3, 0.4) is 0 Å². The Morgan fingerprint density at radius 1 is 1.29 bits per heavy atom. The Balaban J connectivity index is 2.40. The number of rotatable bonds is 6. The Labute approximate surface area is 121 Å². The van der Waals surface area contributed by atoms with E-state index in [2.05, 4.69) is 4.98 Å². The molecule has 6 nitrogen and oxygen atoms in total. The number of aromatic carboxylic acids is 1. The molecule has 21 heavy (non-hydrogen) atoms. The molecule has 110 valence electrons. The van der Waals surface area contributed by atoms with Crippen LogP contribution in [0.5, 0.6) is 23.1 Å². The van der Waals surface area contributed by atoms with Crippen LogP contribution in [0.4, 0.5) is 0 Å². The van der Waals surface area contributed by atoms with E-state index < -0.39 is 5.97 Å². The first-order chi connectivity index (χ1) is 10.2. The van der Waals surface area contributed by atoms with Gasteiger partial charge in [0.25, 0.3) is 5.88 Å². The lowest BCUT2D eigenvalue weighted by molar-refractivity contribution is 0.0694. The van der Waals surface area contributed by atoms with Crippen molar-refractivity contribution in [2.24, 2.45) is 0 Å². The molecule has 0 aliphatic rings. The lowest BCUT2D eigenvalue weighted by atomic mass is 10.2. The monoisotopic (exact) mass is 289 g/mol. The molecular formula is C15H15NO5. The van der Waals surface area contributed by atoms with Gasteiger partial charge in [0.05, 0.1) is 13.7 Å². The van der Waals surface area contributed by atoms with Gasteiger partial charge in [0.15, 0.2) is 5.75 Å². The summed E-state index contributed by atoms with van der Waals surface area (Å²) in [7, 11) is 1.49. The van der Waals surface area contributed by atoms with Gasteiger partial charge in [-0.25, -0.2) is 9.78 Å². The molecule has 0 unspecified atom stereocenters. The molecule has 0 saturated carbocycles. The molecule has 0 amide bonds. The fraction of sp³-hybridized carbons (Fsp3) is 0.200. The van der Waals surface area contributed by atoms with Crippen molar-refractivity contribution in [2.75, 3.05) is 13.7 Å². The smallest absolute Gasteiger partial charge is 0.339 e. The summed E-state index contributed by atoms with van der Waals surface area (Å²) in [5.41, 5.74) is 0.0175. The minimum Gasteiger partial charge on any atom is -0.497 e. The van der Waals surface area contributed by atoms with Crippen molar-refractivity contribution in [3.8, 4) is 23.1 Å². The quantitative estimate of drug-likeness (QED) is 0.880. The molecule has 1 aromatic heterocycles. The van der Waals surface area contributed by atoms with E-state index in [0.717, 1.165) is 0 Å². The van der Waals surface area contributed by atoms with Crippen LogP contribution in [-0.2, 0) is 0 Å². The normalized spacial score (nSPS) is 10.0. The van der Waals surface area contributed by atoms with Crippen molar-refractivity contribution >= 4 is 5.97 Å². The summed E-state index contributed by atoms with van der Waals surface area (Å²) in [4.78, 5) is 15.3. The molecule has 6 heteroatoms. The van der Waals surface area contributed by atoms with E-state index in [0.29, 0.717) is 18.1 Å². The molecule has 0 aliphatic heterocycles. The van der Waals surface area contributed by atoms with Crippen LogP contribution in [0.25, 0.3) is 0 Å². The minimum atomic E-state index is -1.10. The Kier molecular flexibility index (Phi) is 4.61. The number of pyridine rings is 1. The predicted molar refractivity (Wildman–Crippen MR) is 75.4 cm³/mol. The Morgan fingerprint density at radius 2 is 2.10 bits per heavy atom. The van der Waals surface area contributed by atoms with Gasteiger partial charge in [-0.2, -0.15) is 0 Å². The van der Waals surface area contributed by atoms with Crippen molar-refractivity contribution in [3.05, 3.63) is 42.1 Å². The Bertz CT molecular complexity index is 642. The van der Waals surface area contributed by atoms with E-state index in [4.69, 9.17) is 14.2 Å². The van der Waals surface area contributed by atoms with E-state index in [1.54, 1.807) is 24.4 Å². The van der Waals surface area contributed by atoms with Crippen LogP contribution in [-0.4, -0.2) is 29.8 Å². The first kappa shape index (κ1) is 14.6. The third-order valence-corrected chi connectivity index (χ3v) is 2.66. The van der Waals surface area contributed by atoms with Crippen LogP contribution in [0.2, 0.25) is 0 Å². The summed E-state index contributed by atoms with van der Waals surface area (Å²) >= 11 is 0. The highest BCUT2D eigenvalue weighted by Gasteiger charge is 2.16. The molecule has 1 N–H and O–H groups in total. The molecule has 0 radical (unpaired) electrons. The number of ether oxygens (including phenoxy) is 3. The number of hydrogen-bond donors (Lipinski definition) is 1. The zero-order valence-electron chi connectivity index (χ0n) is 11.7. The number of methoxy groups -OCH3 is 1. The highest BCUT2D eigenvalue weighted by atomic mass is 16.5. The van der Waals surface area contributed by atoms with Gasteiger partial charge >= 0.3 is 5.97 Å². The zero-order valence-corrected chi connectivity index (χ0v) is 11.7. The molecule has 0 saturated heterocycles. The van der Waals surface area contributed by atoms with Crippen LogP contribution in [0.15, 0.2) is 36.5 Å². The topological polar surface area (TPSA) is 77.9 Å². The molecule has 0 bridgehead atoms. The van der Waals surface area contributed by atoms with Crippen molar-refractivity contribution in [1.82, 2.24) is 4.98 Å². The second-order valence-corrected chi connectivity index (χ2v) is 4.01. The maximum atomic E-state index is 11.2. The van der Waals surface area contributed by atoms with Crippen LogP contribution < -0.4 is 14.2 Å². The van der Waals surface area contributed by atoms with Gasteiger partial charge in [-0.3, -0.25) is 0 Å². The second-order valence-electron chi connectivity index (χ2n) is 4.01. The highest BCUT2D eigenvalue weighted by Crippen LogP contribution is 2.33. The van der Waals surface area contributed by atoms with Crippen LogP contribution in [0, 0.1) is 0 Å². The van der Waals surface area contributed by atoms with Gasteiger partial charge in [0.1, 0.15) is 17.1 Å². The molecule has 0 aliphatic carbocycles. The Morgan fingerprint density at radius 3 is 2.76 bits per heavy atom. The fourth-order valence-corrected chi connectivity index (χ4v) is 1.71. The molecule has 2 rings (SSSR count). The number of carboxylic acids is 1. The van der Waals surface area contributed by atoms with Crippen LogP contribution in [0.1, 0.15) is 17.3 Å². The molecule has 0 atom stereocenters.